The molecular formula is C12H12F4N2O2. The van der Waals surface area contributed by atoms with Gasteiger partial charge in [0.1, 0.15) is 0 Å². The Morgan fingerprint density at radius 1 is 1.35 bits per heavy atom. The Labute approximate surface area is 112 Å². The van der Waals surface area contributed by atoms with Crippen LogP contribution < -0.4 is 0 Å². The summed E-state index contributed by atoms with van der Waals surface area (Å²) in [5, 5.41) is 9.31. The number of hydrogen-bond donors (Lipinski definition) is 1. The Bertz CT molecular complexity index is 511. The molecule has 0 spiro atoms. The van der Waals surface area contributed by atoms with Crippen molar-refractivity contribution in [1.82, 2.24) is 9.88 Å². The summed E-state index contributed by atoms with van der Waals surface area (Å²) < 4.78 is 51.3. The number of aliphatic hydroxyl groups is 1. The number of nitrogens with zero attached hydrogens (tertiary/aromatic N) is 2. The van der Waals surface area contributed by atoms with Gasteiger partial charge in [0.2, 0.25) is 0 Å². The van der Waals surface area contributed by atoms with E-state index in [0.717, 1.165) is 12.3 Å². The van der Waals surface area contributed by atoms with Crippen molar-refractivity contribution in [3.8, 4) is 0 Å². The van der Waals surface area contributed by atoms with Gasteiger partial charge >= 0.3 is 6.18 Å². The number of halogens is 4. The Kier molecular flexibility index (Phi) is 3.94. The van der Waals surface area contributed by atoms with Crippen LogP contribution in [0.2, 0.25) is 0 Å². The standard InChI is InChI=1S/C12H12F4N2O2/c13-9-8(1-4-17-10(9)12(14,15)16)11(20)18-5-2-7(19)3-6-18/h1,4,7,19H,2-3,5-6H2. The molecule has 8 heteroatoms. The zero-order chi connectivity index (χ0) is 14.9. The minimum absolute atomic E-state index is 0.184. The first-order chi connectivity index (χ1) is 9.30. The van der Waals surface area contributed by atoms with Crippen molar-refractivity contribution >= 4 is 5.91 Å². The molecule has 1 aliphatic rings. The summed E-state index contributed by atoms with van der Waals surface area (Å²) in [5.41, 5.74) is -2.34. The molecule has 1 aliphatic heterocycles. The van der Waals surface area contributed by atoms with E-state index in [-0.39, 0.29) is 13.1 Å². The third-order valence-electron chi connectivity index (χ3n) is 3.14. The first kappa shape index (κ1) is 14.7. The van der Waals surface area contributed by atoms with Gasteiger partial charge in [-0.25, -0.2) is 9.37 Å². The number of carbonyl (C=O) groups excluding carboxylic acids is 1. The van der Waals surface area contributed by atoms with Crippen LogP contribution in [-0.2, 0) is 6.18 Å². The van der Waals surface area contributed by atoms with Gasteiger partial charge in [0.15, 0.2) is 11.5 Å². The van der Waals surface area contributed by atoms with E-state index in [1.165, 1.54) is 4.90 Å². The van der Waals surface area contributed by atoms with Crippen LogP contribution in [-0.4, -0.2) is 40.1 Å². The van der Waals surface area contributed by atoms with E-state index in [1.54, 1.807) is 0 Å². The number of aliphatic hydroxyl groups excluding tert-OH is 1. The van der Waals surface area contributed by atoms with Crippen molar-refractivity contribution in [2.75, 3.05) is 13.1 Å². The van der Waals surface area contributed by atoms with Crippen molar-refractivity contribution < 1.29 is 27.5 Å². The zero-order valence-electron chi connectivity index (χ0n) is 10.3. The van der Waals surface area contributed by atoms with Gasteiger partial charge in [0, 0.05) is 19.3 Å². The minimum atomic E-state index is -4.95. The monoisotopic (exact) mass is 292 g/mol. The van der Waals surface area contributed by atoms with Crippen LogP contribution in [0.25, 0.3) is 0 Å². The quantitative estimate of drug-likeness (QED) is 0.804. The summed E-state index contributed by atoms with van der Waals surface area (Å²) in [4.78, 5) is 16.2. The summed E-state index contributed by atoms with van der Waals surface area (Å²) in [7, 11) is 0. The second kappa shape index (κ2) is 5.35. The van der Waals surface area contributed by atoms with Crippen LogP contribution in [0.3, 0.4) is 0 Å². The molecule has 2 rings (SSSR count). The summed E-state index contributed by atoms with van der Waals surface area (Å²) in [6, 6.07) is 0.929. The smallest absolute Gasteiger partial charge is 0.393 e. The number of aromatic nitrogens is 1. The summed E-state index contributed by atoms with van der Waals surface area (Å²) >= 11 is 0. The number of amides is 1. The number of pyridine rings is 1. The predicted octanol–water partition coefficient (Wildman–Crippen LogP) is 1.84. The SMILES string of the molecule is O=C(c1ccnc(C(F)(F)F)c1F)N1CCC(O)CC1. The molecule has 1 amide bonds. The lowest BCUT2D eigenvalue weighted by Crippen LogP contribution is -2.40. The lowest BCUT2D eigenvalue weighted by Gasteiger charge is -2.29. The molecule has 0 unspecified atom stereocenters. The topological polar surface area (TPSA) is 53.4 Å². The molecular weight excluding hydrogens is 280 g/mol. The van der Waals surface area contributed by atoms with E-state index < -0.39 is 35.3 Å². The Balaban J connectivity index is 2.27. The fourth-order valence-electron chi connectivity index (χ4n) is 2.05. The average Bonchev–Trinajstić information content (AvgIpc) is 2.37. The molecule has 0 bridgehead atoms. The van der Waals surface area contributed by atoms with E-state index in [2.05, 4.69) is 4.98 Å². The molecule has 1 aromatic rings. The fraction of sp³-hybridized carbons (Fsp3) is 0.500. The fourth-order valence-corrected chi connectivity index (χ4v) is 2.05. The highest BCUT2D eigenvalue weighted by Crippen LogP contribution is 2.31. The number of carbonyl (C=O) groups is 1. The second-order valence-electron chi connectivity index (χ2n) is 4.54. The molecule has 20 heavy (non-hydrogen) atoms. The van der Waals surface area contributed by atoms with Crippen LogP contribution in [0.5, 0.6) is 0 Å². The number of likely N-dealkylation sites (tertiary alicyclic amines) is 1. The van der Waals surface area contributed by atoms with E-state index in [1.807, 2.05) is 0 Å². The van der Waals surface area contributed by atoms with Crippen molar-refractivity contribution in [3.05, 3.63) is 29.3 Å². The zero-order valence-corrected chi connectivity index (χ0v) is 10.3. The van der Waals surface area contributed by atoms with E-state index in [0.29, 0.717) is 12.8 Å². The highest BCUT2D eigenvalue weighted by atomic mass is 19.4. The molecule has 1 fully saturated rings. The first-order valence-corrected chi connectivity index (χ1v) is 5.99. The second-order valence-corrected chi connectivity index (χ2v) is 4.54. The largest absolute Gasteiger partial charge is 0.436 e. The first-order valence-electron chi connectivity index (χ1n) is 5.99. The maximum Gasteiger partial charge on any atom is 0.436 e. The predicted molar refractivity (Wildman–Crippen MR) is 60.3 cm³/mol. The number of rotatable bonds is 1. The van der Waals surface area contributed by atoms with E-state index >= 15 is 0 Å². The lowest BCUT2D eigenvalue weighted by molar-refractivity contribution is -0.143. The van der Waals surface area contributed by atoms with Crippen LogP contribution in [0.4, 0.5) is 17.6 Å². The molecule has 1 saturated heterocycles. The maximum absolute atomic E-state index is 13.8. The number of piperidine rings is 1. The molecule has 0 radical (unpaired) electrons. The van der Waals surface area contributed by atoms with Crippen molar-refractivity contribution in [1.29, 1.82) is 0 Å². The van der Waals surface area contributed by atoms with Crippen molar-refractivity contribution in [3.63, 3.8) is 0 Å². The Morgan fingerprint density at radius 2 is 1.95 bits per heavy atom. The third-order valence-corrected chi connectivity index (χ3v) is 3.14. The van der Waals surface area contributed by atoms with Crippen LogP contribution in [0, 0.1) is 5.82 Å². The Morgan fingerprint density at radius 3 is 2.50 bits per heavy atom. The van der Waals surface area contributed by atoms with Crippen LogP contribution in [0.1, 0.15) is 28.9 Å². The molecule has 2 heterocycles. The summed E-state index contributed by atoms with van der Waals surface area (Å²) in [6.07, 6.45) is -4.07. The van der Waals surface area contributed by atoms with Gasteiger partial charge in [-0.1, -0.05) is 0 Å². The van der Waals surface area contributed by atoms with E-state index in [9.17, 15) is 27.5 Å². The van der Waals surface area contributed by atoms with Gasteiger partial charge in [-0.15, -0.1) is 0 Å². The normalized spacial score (nSPS) is 17.4. The van der Waals surface area contributed by atoms with Gasteiger partial charge in [0.05, 0.1) is 11.7 Å². The highest BCUT2D eigenvalue weighted by molar-refractivity contribution is 5.94. The molecule has 0 aliphatic carbocycles. The van der Waals surface area contributed by atoms with Gasteiger partial charge in [0.25, 0.3) is 5.91 Å². The maximum atomic E-state index is 13.8. The summed E-state index contributed by atoms with van der Waals surface area (Å²) in [5.74, 6) is -2.47. The number of hydrogen-bond acceptors (Lipinski definition) is 3. The molecule has 0 atom stereocenters. The molecule has 0 aromatic carbocycles. The minimum Gasteiger partial charge on any atom is -0.393 e. The average molecular weight is 292 g/mol. The molecule has 1 aromatic heterocycles. The molecule has 4 nitrogen and oxygen atoms in total. The van der Waals surface area contributed by atoms with Gasteiger partial charge in [-0.05, 0) is 18.9 Å². The van der Waals surface area contributed by atoms with Gasteiger partial charge in [-0.3, -0.25) is 4.79 Å². The van der Waals surface area contributed by atoms with Crippen molar-refractivity contribution in [2.45, 2.75) is 25.1 Å². The number of alkyl halides is 3. The van der Waals surface area contributed by atoms with Gasteiger partial charge < -0.3 is 10.0 Å². The Hall–Kier alpha value is -1.70. The summed E-state index contributed by atoms with van der Waals surface area (Å²) in [6.45, 7) is 0.367. The molecule has 1 N–H and O–H groups in total. The lowest BCUT2D eigenvalue weighted by atomic mass is 10.1. The van der Waals surface area contributed by atoms with Crippen molar-refractivity contribution in [2.24, 2.45) is 0 Å². The molecule has 110 valence electrons. The van der Waals surface area contributed by atoms with Crippen LogP contribution >= 0.6 is 0 Å². The highest BCUT2D eigenvalue weighted by Gasteiger charge is 2.38. The molecule has 0 saturated carbocycles. The van der Waals surface area contributed by atoms with Crippen LogP contribution in [0.15, 0.2) is 12.3 Å². The van der Waals surface area contributed by atoms with Gasteiger partial charge in [-0.2, -0.15) is 13.2 Å². The third kappa shape index (κ3) is 2.90. The van der Waals surface area contributed by atoms with E-state index in [4.69, 9.17) is 0 Å².